The highest BCUT2D eigenvalue weighted by molar-refractivity contribution is 6.58. The number of benzene rings is 2. The summed E-state index contributed by atoms with van der Waals surface area (Å²) < 4.78 is 92.4. The van der Waals surface area contributed by atoms with Gasteiger partial charge in [0.25, 0.3) is 11.8 Å². The van der Waals surface area contributed by atoms with Crippen molar-refractivity contribution in [2.75, 3.05) is 5.32 Å². The number of nitrogens with two attached hydrogens (primary N) is 1. The highest BCUT2D eigenvalue weighted by atomic mass is 19.4. The zero-order valence-electron chi connectivity index (χ0n) is 19.3. The smallest absolute Gasteiger partial charge is 0.512 e. The molecule has 0 bridgehead atoms. The summed E-state index contributed by atoms with van der Waals surface area (Å²) in [4.78, 5) is 28.0. The van der Waals surface area contributed by atoms with Gasteiger partial charge in [0.1, 0.15) is 40.7 Å². The molecule has 1 aromatic heterocycles. The van der Waals surface area contributed by atoms with Crippen LogP contribution in [0.5, 0.6) is 23.0 Å². The maximum absolute atomic E-state index is 13.4. The van der Waals surface area contributed by atoms with E-state index in [1.54, 1.807) is 0 Å². The van der Waals surface area contributed by atoms with Gasteiger partial charge in [0.05, 0.1) is 11.1 Å². The lowest BCUT2D eigenvalue weighted by Gasteiger charge is -2.25. The number of hydrogen-bond donors (Lipinski definition) is 2. The maximum atomic E-state index is 13.4. The Morgan fingerprint density at radius 1 is 0.846 bits per heavy atom. The lowest BCUT2D eigenvalue weighted by Crippen LogP contribution is -2.37. The summed E-state index contributed by atoms with van der Waals surface area (Å²) in [7, 11) is 16.1. The summed E-state index contributed by atoms with van der Waals surface area (Å²) in [5.74, 6) is -4.45. The first-order chi connectivity index (χ1) is 17.9. The zero-order chi connectivity index (χ0) is 29.2. The highest BCUT2D eigenvalue weighted by Gasteiger charge is 2.33. The van der Waals surface area contributed by atoms with Gasteiger partial charge >= 0.3 is 12.5 Å². The number of anilines is 1. The lowest BCUT2D eigenvalue weighted by atomic mass is 9.52. The molecule has 0 spiro atoms. The molecule has 0 fully saturated rings. The molecule has 0 unspecified atom stereocenters. The Hall–Kier alpha value is -4.30. The predicted molar refractivity (Wildman–Crippen MR) is 126 cm³/mol. The van der Waals surface area contributed by atoms with Gasteiger partial charge in [-0.15, -0.1) is 13.2 Å². The van der Waals surface area contributed by atoms with Crippen LogP contribution in [-0.4, -0.2) is 52.0 Å². The van der Waals surface area contributed by atoms with Crippen molar-refractivity contribution in [1.82, 2.24) is 4.98 Å². The predicted octanol–water partition coefficient (Wildman–Crippen LogP) is 3.64. The Kier molecular flexibility index (Phi) is 8.12. The Labute approximate surface area is 220 Å². The number of ether oxygens (including phenoxy) is 3. The van der Waals surface area contributed by atoms with Crippen molar-refractivity contribution in [3.05, 3.63) is 71.5 Å². The van der Waals surface area contributed by atoms with E-state index in [2.05, 4.69) is 15.0 Å². The Bertz CT molecular complexity index is 1400. The number of hydrogen-bond acceptors (Lipinski definition) is 6. The van der Waals surface area contributed by atoms with E-state index in [1.807, 2.05) is 0 Å². The first-order valence-corrected chi connectivity index (χ1v) is 10.3. The van der Waals surface area contributed by atoms with Gasteiger partial charge in [-0.25, -0.2) is 0 Å². The van der Waals surface area contributed by atoms with Crippen LogP contribution in [0.25, 0.3) is 0 Å². The van der Waals surface area contributed by atoms with Gasteiger partial charge in [0.2, 0.25) is 0 Å². The molecule has 3 rings (SSSR count). The van der Waals surface area contributed by atoms with Crippen LogP contribution in [0.3, 0.4) is 0 Å². The third-order valence-corrected chi connectivity index (χ3v) is 4.48. The van der Waals surface area contributed by atoms with E-state index in [4.69, 9.17) is 38.7 Å². The normalized spacial score (nSPS) is 11.9. The molecular weight excluding hydrogens is 533 g/mol. The van der Waals surface area contributed by atoms with E-state index < -0.39 is 63.8 Å². The van der Waals surface area contributed by atoms with Crippen LogP contribution < -0.4 is 25.3 Å². The van der Waals surface area contributed by atoms with Gasteiger partial charge < -0.3 is 25.3 Å². The number of halogens is 6. The standard InChI is InChI=1S/C22H12B3F6N3O5/c23-21(24,25)39-17-9-12(38-22(29,30)31)2-4-16(17)37-15-3-1-10(20(26,27)28)7-13(15)19(36)34-11-5-6-33-14(8-11)18(32)35/h1-9H,(H2,32,35)(H,33,34,36). The third-order valence-electron chi connectivity index (χ3n) is 4.48. The number of pyridine rings is 1. The maximum Gasteiger partial charge on any atom is 0.573 e. The van der Waals surface area contributed by atoms with Crippen LogP contribution in [0.15, 0.2) is 54.7 Å². The quantitative estimate of drug-likeness (QED) is 0.331. The molecule has 39 heavy (non-hydrogen) atoms. The Morgan fingerprint density at radius 3 is 2.10 bits per heavy atom. The number of alkyl halides is 6. The molecular formula is C22H12B3F6N3O5. The molecule has 2 aromatic carbocycles. The molecule has 1 heterocycles. The van der Waals surface area contributed by atoms with Crippen molar-refractivity contribution >= 4 is 41.0 Å². The van der Waals surface area contributed by atoms with Crippen molar-refractivity contribution < 1.29 is 50.1 Å². The molecule has 0 aliphatic rings. The van der Waals surface area contributed by atoms with E-state index in [1.165, 1.54) is 6.07 Å². The molecule has 3 N–H and O–H groups in total. The average molecular weight is 545 g/mol. The second-order valence-corrected chi connectivity index (χ2v) is 7.67. The van der Waals surface area contributed by atoms with Crippen LogP contribution in [0.2, 0.25) is 0 Å². The summed E-state index contributed by atoms with van der Waals surface area (Å²) in [5.41, 5.74) is 2.93. The number of rotatable bonds is 8. The summed E-state index contributed by atoms with van der Waals surface area (Å²) in [6, 6.07) is 6.44. The molecule has 196 valence electrons. The number of amides is 2. The van der Waals surface area contributed by atoms with Crippen LogP contribution in [-0.2, 0) is 6.18 Å². The number of nitrogens with one attached hydrogen (secondary N) is 1. The summed E-state index contributed by atoms with van der Waals surface area (Å²) >= 11 is 0. The van der Waals surface area contributed by atoms with Crippen LogP contribution >= 0.6 is 0 Å². The number of aromatic nitrogens is 1. The summed E-state index contributed by atoms with van der Waals surface area (Å²) in [5, 5.41) is -0.160. The first kappa shape index (κ1) is 29.3. The van der Waals surface area contributed by atoms with Gasteiger partial charge in [-0.05, 0) is 47.8 Å². The van der Waals surface area contributed by atoms with Crippen LogP contribution in [0.1, 0.15) is 26.4 Å². The minimum absolute atomic E-state index is 0.0518. The fourth-order valence-corrected chi connectivity index (χ4v) is 2.97. The summed E-state index contributed by atoms with van der Waals surface area (Å²) in [6.07, 6.45) is -8.84. The van der Waals surface area contributed by atoms with Crippen molar-refractivity contribution in [2.24, 2.45) is 5.73 Å². The van der Waals surface area contributed by atoms with E-state index in [0.29, 0.717) is 18.2 Å². The third kappa shape index (κ3) is 8.35. The van der Waals surface area contributed by atoms with Crippen LogP contribution in [0, 0.1) is 0 Å². The van der Waals surface area contributed by atoms with E-state index in [0.717, 1.165) is 30.5 Å². The van der Waals surface area contributed by atoms with Crippen molar-refractivity contribution in [2.45, 2.75) is 17.8 Å². The van der Waals surface area contributed by atoms with Gasteiger partial charge in [0, 0.05) is 18.0 Å². The minimum atomic E-state index is -5.09. The van der Waals surface area contributed by atoms with Crippen LogP contribution in [0.4, 0.5) is 32.0 Å². The second kappa shape index (κ2) is 10.8. The molecule has 8 nitrogen and oxygen atoms in total. The topological polar surface area (TPSA) is 113 Å². The number of primary amides is 1. The SMILES string of the molecule is [B]C([B])([B])Oc1cc(OC(F)(F)F)ccc1Oc1ccc(C(F)(F)F)cc1C(=O)Nc1ccnc(C(N)=O)c1. The van der Waals surface area contributed by atoms with Gasteiger partial charge in [-0.1, -0.05) is 0 Å². The van der Waals surface area contributed by atoms with E-state index in [-0.39, 0.29) is 11.4 Å². The monoisotopic (exact) mass is 545 g/mol. The number of carbonyl (C=O) groups excluding carboxylic acids is 2. The van der Waals surface area contributed by atoms with Crippen molar-refractivity contribution in [3.8, 4) is 23.0 Å². The molecule has 0 saturated heterocycles. The van der Waals surface area contributed by atoms with Crippen molar-refractivity contribution in [1.29, 1.82) is 0 Å². The first-order valence-electron chi connectivity index (χ1n) is 10.3. The second-order valence-electron chi connectivity index (χ2n) is 7.67. The van der Waals surface area contributed by atoms with Gasteiger partial charge in [-0.3, -0.25) is 14.6 Å². The zero-order valence-corrected chi connectivity index (χ0v) is 19.3. The molecule has 17 heteroatoms. The number of carbonyl (C=O) groups is 2. The summed E-state index contributed by atoms with van der Waals surface area (Å²) in [6.45, 7) is 0. The molecule has 3 aromatic rings. The van der Waals surface area contributed by atoms with Crippen molar-refractivity contribution in [3.63, 3.8) is 0 Å². The number of nitrogens with zero attached hydrogens (tertiary/aromatic N) is 1. The molecule has 0 saturated carbocycles. The fourth-order valence-electron chi connectivity index (χ4n) is 2.97. The Morgan fingerprint density at radius 2 is 1.51 bits per heavy atom. The fraction of sp³-hybridized carbons (Fsp3) is 0.136. The molecule has 0 aliphatic carbocycles. The molecule has 0 aliphatic heterocycles. The van der Waals surface area contributed by atoms with E-state index in [9.17, 15) is 35.9 Å². The average Bonchev–Trinajstić information content (AvgIpc) is 2.78. The largest absolute Gasteiger partial charge is 0.573 e. The van der Waals surface area contributed by atoms with Gasteiger partial charge in [0.15, 0.2) is 11.5 Å². The minimum Gasteiger partial charge on any atom is -0.512 e. The Balaban J connectivity index is 2.05. The molecule has 6 radical (unpaired) electrons. The lowest BCUT2D eigenvalue weighted by molar-refractivity contribution is -0.274. The molecule has 2 amide bonds. The molecule has 0 atom stereocenters. The van der Waals surface area contributed by atoms with E-state index >= 15 is 0 Å². The highest BCUT2D eigenvalue weighted by Crippen LogP contribution is 2.40. The van der Waals surface area contributed by atoms with Gasteiger partial charge in [-0.2, -0.15) is 13.2 Å².